The van der Waals surface area contributed by atoms with Crippen LogP contribution in [0, 0.1) is 23.2 Å². The predicted molar refractivity (Wildman–Crippen MR) is 83.9 cm³/mol. The first-order valence-corrected chi connectivity index (χ1v) is 9.06. The van der Waals surface area contributed by atoms with Crippen LogP contribution < -0.4 is 10.6 Å². The van der Waals surface area contributed by atoms with Crippen LogP contribution in [0.5, 0.6) is 0 Å². The van der Waals surface area contributed by atoms with Crippen LogP contribution >= 0.6 is 0 Å². The van der Waals surface area contributed by atoms with Crippen LogP contribution in [0.15, 0.2) is 0 Å². The third-order valence-electron chi connectivity index (χ3n) is 6.85. The van der Waals surface area contributed by atoms with Crippen LogP contribution in [0.25, 0.3) is 0 Å². The van der Waals surface area contributed by atoms with E-state index in [1.165, 1.54) is 38.5 Å². The highest BCUT2D eigenvalue weighted by atomic mass is 16.1. The largest absolute Gasteiger partial charge is 0.351 e. The van der Waals surface area contributed by atoms with Crippen molar-refractivity contribution in [3.8, 4) is 0 Å². The SMILES string of the molecule is CC1(NC(=O)CC23CC4CC(CC(C4)C2)C3)CCNCC1. The summed E-state index contributed by atoms with van der Waals surface area (Å²) in [7, 11) is 0. The lowest BCUT2D eigenvalue weighted by atomic mass is 9.49. The molecule has 4 saturated carbocycles. The maximum absolute atomic E-state index is 12.7. The molecule has 21 heavy (non-hydrogen) atoms. The number of hydrogen-bond donors (Lipinski definition) is 2. The van der Waals surface area contributed by atoms with Gasteiger partial charge in [0.25, 0.3) is 0 Å². The third kappa shape index (κ3) is 2.74. The summed E-state index contributed by atoms with van der Waals surface area (Å²) in [5, 5.41) is 6.78. The Balaban J connectivity index is 1.40. The van der Waals surface area contributed by atoms with E-state index in [1.807, 2.05) is 0 Å². The van der Waals surface area contributed by atoms with E-state index in [9.17, 15) is 4.79 Å². The lowest BCUT2D eigenvalue weighted by Crippen LogP contribution is -2.54. The molecule has 0 spiro atoms. The first-order chi connectivity index (χ1) is 10.0. The third-order valence-corrected chi connectivity index (χ3v) is 6.85. The van der Waals surface area contributed by atoms with E-state index in [2.05, 4.69) is 17.6 Å². The van der Waals surface area contributed by atoms with E-state index < -0.39 is 0 Å². The second-order valence-electron chi connectivity index (χ2n) is 8.95. The fraction of sp³-hybridized carbons (Fsp3) is 0.944. The quantitative estimate of drug-likeness (QED) is 0.839. The van der Waals surface area contributed by atoms with Crippen molar-refractivity contribution in [1.82, 2.24) is 10.6 Å². The Kier molecular flexibility index (Phi) is 3.33. The molecule has 5 rings (SSSR count). The maximum atomic E-state index is 12.7. The highest BCUT2D eigenvalue weighted by Gasteiger charge is 2.51. The van der Waals surface area contributed by atoms with Gasteiger partial charge in [0.05, 0.1) is 0 Å². The van der Waals surface area contributed by atoms with E-state index in [0.29, 0.717) is 11.3 Å². The Labute approximate surface area is 128 Å². The van der Waals surface area contributed by atoms with Crippen molar-refractivity contribution in [3.63, 3.8) is 0 Å². The molecule has 0 atom stereocenters. The fourth-order valence-corrected chi connectivity index (χ4v) is 6.33. The molecule has 0 aromatic heterocycles. The summed E-state index contributed by atoms with van der Waals surface area (Å²) in [4.78, 5) is 12.7. The summed E-state index contributed by atoms with van der Waals surface area (Å²) >= 11 is 0. The van der Waals surface area contributed by atoms with Crippen molar-refractivity contribution < 1.29 is 4.79 Å². The van der Waals surface area contributed by atoms with E-state index in [0.717, 1.165) is 50.1 Å². The topological polar surface area (TPSA) is 41.1 Å². The zero-order valence-electron chi connectivity index (χ0n) is 13.4. The Morgan fingerprint density at radius 2 is 1.57 bits per heavy atom. The van der Waals surface area contributed by atoms with Crippen LogP contribution in [-0.4, -0.2) is 24.5 Å². The van der Waals surface area contributed by atoms with Crippen LogP contribution in [-0.2, 0) is 4.79 Å². The Bertz CT molecular complexity index is 390. The van der Waals surface area contributed by atoms with Crippen LogP contribution in [0.2, 0.25) is 0 Å². The smallest absolute Gasteiger partial charge is 0.220 e. The standard InChI is InChI=1S/C18H30N2O/c1-17(2-4-19-5-3-17)20-16(21)12-18-9-13-6-14(10-18)8-15(7-13)11-18/h13-15,19H,2-12H2,1H3,(H,20,21). The molecular weight excluding hydrogens is 260 g/mol. The predicted octanol–water partition coefficient (Wildman–Crippen LogP) is 2.85. The summed E-state index contributed by atoms with van der Waals surface area (Å²) in [5.41, 5.74) is 0.409. The first-order valence-electron chi connectivity index (χ1n) is 9.06. The molecule has 0 aromatic carbocycles. The van der Waals surface area contributed by atoms with Crippen molar-refractivity contribution in [2.75, 3.05) is 13.1 Å². The molecule has 2 N–H and O–H groups in total. The molecule has 0 radical (unpaired) electrons. The number of amides is 1. The van der Waals surface area contributed by atoms with Gasteiger partial charge >= 0.3 is 0 Å². The Morgan fingerprint density at radius 1 is 1.05 bits per heavy atom. The van der Waals surface area contributed by atoms with Crippen molar-refractivity contribution in [2.24, 2.45) is 23.2 Å². The molecule has 4 aliphatic carbocycles. The minimum Gasteiger partial charge on any atom is -0.351 e. The number of carbonyl (C=O) groups is 1. The number of nitrogens with one attached hydrogen (secondary N) is 2. The van der Waals surface area contributed by atoms with Crippen molar-refractivity contribution in [1.29, 1.82) is 0 Å². The molecule has 1 aliphatic heterocycles. The van der Waals surface area contributed by atoms with Crippen molar-refractivity contribution >= 4 is 5.91 Å². The second kappa shape index (κ2) is 4.97. The molecule has 1 amide bonds. The van der Waals surface area contributed by atoms with Crippen LogP contribution in [0.3, 0.4) is 0 Å². The number of rotatable bonds is 3. The first kappa shape index (κ1) is 14.0. The zero-order valence-corrected chi connectivity index (χ0v) is 13.4. The van der Waals surface area contributed by atoms with Gasteiger partial charge in [0.2, 0.25) is 5.91 Å². The highest BCUT2D eigenvalue weighted by Crippen LogP contribution is 2.61. The maximum Gasteiger partial charge on any atom is 0.220 e. The molecule has 0 unspecified atom stereocenters. The number of piperidine rings is 1. The molecular formula is C18H30N2O. The van der Waals surface area contributed by atoms with Gasteiger partial charge in [-0.1, -0.05) is 0 Å². The normalized spacial score (nSPS) is 43.8. The molecule has 1 heterocycles. The Hall–Kier alpha value is -0.570. The van der Waals surface area contributed by atoms with Gasteiger partial charge < -0.3 is 10.6 Å². The molecule has 5 aliphatic rings. The Morgan fingerprint density at radius 3 is 2.10 bits per heavy atom. The van der Waals surface area contributed by atoms with Gasteiger partial charge in [0.15, 0.2) is 0 Å². The van der Waals surface area contributed by atoms with Gasteiger partial charge in [-0.15, -0.1) is 0 Å². The minimum absolute atomic E-state index is 0.0324. The molecule has 3 nitrogen and oxygen atoms in total. The lowest BCUT2D eigenvalue weighted by Gasteiger charge is -2.56. The molecule has 118 valence electrons. The molecule has 1 saturated heterocycles. The average molecular weight is 290 g/mol. The van der Waals surface area contributed by atoms with Gasteiger partial charge in [-0.05, 0) is 94.5 Å². The molecule has 3 heteroatoms. The highest BCUT2D eigenvalue weighted by molar-refractivity contribution is 5.77. The summed E-state index contributed by atoms with van der Waals surface area (Å²) in [6.45, 7) is 4.30. The molecule has 5 fully saturated rings. The van der Waals surface area contributed by atoms with E-state index >= 15 is 0 Å². The van der Waals surface area contributed by atoms with Gasteiger partial charge in [-0.3, -0.25) is 4.79 Å². The van der Waals surface area contributed by atoms with Gasteiger partial charge in [0.1, 0.15) is 0 Å². The fourth-order valence-electron chi connectivity index (χ4n) is 6.33. The number of carbonyl (C=O) groups excluding carboxylic acids is 1. The summed E-state index contributed by atoms with van der Waals surface area (Å²) in [6, 6.07) is 0. The van der Waals surface area contributed by atoms with Gasteiger partial charge in [0, 0.05) is 12.0 Å². The molecule has 4 bridgehead atoms. The summed E-state index contributed by atoms with van der Waals surface area (Å²) in [6.07, 6.45) is 11.3. The summed E-state index contributed by atoms with van der Waals surface area (Å²) in [5.74, 6) is 3.16. The van der Waals surface area contributed by atoms with Gasteiger partial charge in [-0.25, -0.2) is 0 Å². The summed E-state index contributed by atoms with van der Waals surface area (Å²) < 4.78 is 0. The minimum atomic E-state index is 0.0324. The zero-order chi connectivity index (χ0) is 14.5. The van der Waals surface area contributed by atoms with Crippen LogP contribution in [0.1, 0.15) is 64.7 Å². The van der Waals surface area contributed by atoms with Crippen molar-refractivity contribution in [2.45, 2.75) is 70.3 Å². The number of hydrogen-bond acceptors (Lipinski definition) is 2. The second-order valence-corrected chi connectivity index (χ2v) is 8.95. The van der Waals surface area contributed by atoms with E-state index in [-0.39, 0.29) is 5.54 Å². The average Bonchev–Trinajstić information content (AvgIpc) is 2.35. The van der Waals surface area contributed by atoms with E-state index in [1.54, 1.807) is 0 Å². The van der Waals surface area contributed by atoms with Crippen molar-refractivity contribution in [3.05, 3.63) is 0 Å². The lowest BCUT2D eigenvalue weighted by molar-refractivity contribution is -0.131. The molecule has 0 aromatic rings. The van der Waals surface area contributed by atoms with E-state index in [4.69, 9.17) is 0 Å². The monoisotopic (exact) mass is 290 g/mol. The van der Waals surface area contributed by atoms with Crippen LogP contribution in [0.4, 0.5) is 0 Å². The van der Waals surface area contributed by atoms with Gasteiger partial charge in [-0.2, -0.15) is 0 Å².